The zero-order valence-electron chi connectivity index (χ0n) is 9.47. The maximum atomic E-state index is 11.0. The van der Waals surface area contributed by atoms with E-state index in [0.29, 0.717) is 5.78 Å². The highest BCUT2D eigenvalue weighted by Gasteiger charge is 2.21. The number of hydrogen-bond acceptors (Lipinski definition) is 2. The Hall–Kier alpha value is -0.370. The van der Waals surface area contributed by atoms with Gasteiger partial charge in [-0.2, -0.15) is 0 Å². The van der Waals surface area contributed by atoms with Crippen molar-refractivity contribution in [2.45, 2.75) is 52.5 Å². The van der Waals surface area contributed by atoms with Gasteiger partial charge in [0.15, 0.2) is 0 Å². The smallest absolute Gasteiger partial charge is 0.146 e. The molecule has 0 aromatic heterocycles. The largest absolute Gasteiger partial charge is 0.298 e. The van der Waals surface area contributed by atoms with Crippen LogP contribution in [0.2, 0.25) is 0 Å². The Labute approximate surface area is 82.3 Å². The number of carbonyl (C=O) groups is 1. The summed E-state index contributed by atoms with van der Waals surface area (Å²) < 4.78 is 0. The Morgan fingerprint density at radius 1 is 1.38 bits per heavy atom. The molecule has 0 amide bonds. The molecular formula is C11H23NO. The van der Waals surface area contributed by atoms with Gasteiger partial charge in [-0.25, -0.2) is 0 Å². The van der Waals surface area contributed by atoms with Crippen molar-refractivity contribution in [1.29, 1.82) is 0 Å². The van der Waals surface area contributed by atoms with E-state index in [9.17, 15) is 4.79 Å². The molecule has 2 nitrogen and oxygen atoms in total. The normalized spacial score (nSPS) is 23.2. The molecule has 1 rings (SSSR count). The SMILES string of the molecule is CC(=O)C1CCCCN1C.CCC. The van der Waals surface area contributed by atoms with Crippen LogP contribution in [0.4, 0.5) is 0 Å². The van der Waals surface area contributed by atoms with Crippen LogP contribution in [-0.4, -0.2) is 30.3 Å². The van der Waals surface area contributed by atoms with Gasteiger partial charge in [0.05, 0.1) is 6.04 Å². The number of ketones is 1. The molecule has 2 heteroatoms. The lowest BCUT2D eigenvalue weighted by molar-refractivity contribution is -0.122. The standard InChI is InChI=1S/C8H15NO.C3H8/c1-7(10)8-5-3-4-6-9(8)2;1-3-2/h8H,3-6H2,1-2H3;3H2,1-2H3. The second-order valence-corrected chi connectivity index (χ2v) is 3.81. The first-order valence-corrected chi connectivity index (χ1v) is 5.34. The van der Waals surface area contributed by atoms with Gasteiger partial charge < -0.3 is 0 Å². The summed E-state index contributed by atoms with van der Waals surface area (Å²) >= 11 is 0. The van der Waals surface area contributed by atoms with E-state index >= 15 is 0 Å². The Kier molecular flexibility index (Phi) is 6.87. The van der Waals surface area contributed by atoms with Crippen molar-refractivity contribution in [2.24, 2.45) is 0 Å². The molecule has 78 valence electrons. The topological polar surface area (TPSA) is 20.3 Å². The lowest BCUT2D eigenvalue weighted by Crippen LogP contribution is -2.40. The van der Waals surface area contributed by atoms with Gasteiger partial charge in [-0.3, -0.25) is 9.69 Å². The summed E-state index contributed by atoms with van der Waals surface area (Å²) in [6, 6.07) is 0.216. The highest BCUT2D eigenvalue weighted by Crippen LogP contribution is 2.14. The van der Waals surface area contributed by atoms with E-state index in [-0.39, 0.29) is 6.04 Å². The Bertz CT molecular complexity index is 145. The summed E-state index contributed by atoms with van der Waals surface area (Å²) in [6.07, 6.45) is 4.78. The van der Waals surface area contributed by atoms with Crippen LogP contribution in [-0.2, 0) is 4.79 Å². The molecule has 0 N–H and O–H groups in total. The summed E-state index contributed by atoms with van der Waals surface area (Å²) in [7, 11) is 2.03. The molecule has 0 aromatic rings. The van der Waals surface area contributed by atoms with E-state index in [1.165, 1.54) is 19.3 Å². The number of piperidine rings is 1. The fraction of sp³-hybridized carbons (Fsp3) is 0.909. The maximum absolute atomic E-state index is 11.0. The lowest BCUT2D eigenvalue weighted by atomic mass is 10.0. The number of likely N-dealkylation sites (N-methyl/N-ethyl adjacent to an activating group) is 1. The molecule has 0 saturated carbocycles. The third-order valence-electron chi connectivity index (χ3n) is 2.24. The molecule has 0 aliphatic carbocycles. The molecule has 13 heavy (non-hydrogen) atoms. The fourth-order valence-electron chi connectivity index (χ4n) is 1.59. The van der Waals surface area contributed by atoms with E-state index in [4.69, 9.17) is 0 Å². The lowest BCUT2D eigenvalue weighted by Gasteiger charge is -2.30. The average Bonchev–Trinajstić information content (AvgIpc) is 2.06. The van der Waals surface area contributed by atoms with E-state index in [1.807, 2.05) is 7.05 Å². The second-order valence-electron chi connectivity index (χ2n) is 3.81. The zero-order chi connectivity index (χ0) is 10.3. The first-order valence-electron chi connectivity index (χ1n) is 5.34. The number of nitrogens with zero attached hydrogens (tertiary/aromatic N) is 1. The van der Waals surface area contributed by atoms with Gasteiger partial charge in [0, 0.05) is 0 Å². The predicted molar refractivity (Wildman–Crippen MR) is 56.9 cm³/mol. The van der Waals surface area contributed by atoms with Gasteiger partial charge in [0.1, 0.15) is 5.78 Å². The van der Waals surface area contributed by atoms with Crippen LogP contribution in [0.1, 0.15) is 46.5 Å². The van der Waals surface area contributed by atoms with Gasteiger partial charge in [-0.1, -0.05) is 26.7 Å². The monoisotopic (exact) mass is 185 g/mol. The average molecular weight is 185 g/mol. The summed E-state index contributed by atoms with van der Waals surface area (Å²) in [4.78, 5) is 13.1. The van der Waals surface area contributed by atoms with Crippen molar-refractivity contribution >= 4 is 5.78 Å². The summed E-state index contributed by atoms with van der Waals surface area (Å²) in [5.41, 5.74) is 0. The van der Waals surface area contributed by atoms with Crippen LogP contribution < -0.4 is 0 Å². The molecule has 0 radical (unpaired) electrons. The minimum Gasteiger partial charge on any atom is -0.298 e. The number of carbonyl (C=O) groups excluding carboxylic acids is 1. The molecule has 1 unspecified atom stereocenters. The molecule has 0 bridgehead atoms. The Balaban J connectivity index is 0.000000424. The molecule has 0 spiro atoms. The minimum atomic E-state index is 0.216. The molecule has 1 fully saturated rings. The van der Waals surface area contributed by atoms with Gasteiger partial charge >= 0.3 is 0 Å². The first kappa shape index (κ1) is 12.6. The van der Waals surface area contributed by atoms with Crippen molar-refractivity contribution < 1.29 is 4.79 Å². The highest BCUT2D eigenvalue weighted by atomic mass is 16.1. The van der Waals surface area contributed by atoms with Crippen molar-refractivity contribution in [1.82, 2.24) is 4.90 Å². The third-order valence-corrected chi connectivity index (χ3v) is 2.24. The number of rotatable bonds is 1. The molecule has 1 aliphatic heterocycles. The van der Waals surface area contributed by atoms with Crippen molar-refractivity contribution in [3.63, 3.8) is 0 Å². The van der Waals surface area contributed by atoms with Crippen molar-refractivity contribution in [2.75, 3.05) is 13.6 Å². The van der Waals surface area contributed by atoms with E-state index in [0.717, 1.165) is 13.0 Å². The van der Waals surface area contributed by atoms with Crippen molar-refractivity contribution in [3.05, 3.63) is 0 Å². The van der Waals surface area contributed by atoms with E-state index in [1.54, 1.807) is 6.92 Å². The molecular weight excluding hydrogens is 162 g/mol. The summed E-state index contributed by atoms with van der Waals surface area (Å²) in [5, 5.41) is 0. The van der Waals surface area contributed by atoms with Gasteiger partial charge in [-0.15, -0.1) is 0 Å². The van der Waals surface area contributed by atoms with E-state index in [2.05, 4.69) is 18.7 Å². The van der Waals surface area contributed by atoms with Gasteiger partial charge in [0.2, 0.25) is 0 Å². The molecule has 0 aromatic carbocycles. The van der Waals surface area contributed by atoms with Gasteiger partial charge in [0.25, 0.3) is 0 Å². The van der Waals surface area contributed by atoms with Crippen LogP contribution in [0.3, 0.4) is 0 Å². The van der Waals surface area contributed by atoms with Crippen LogP contribution in [0.15, 0.2) is 0 Å². The van der Waals surface area contributed by atoms with Crippen LogP contribution in [0.25, 0.3) is 0 Å². The molecule has 1 atom stereocenters. The second kappa shape index (κ2) is 7.07. The van der Waals surface area contributed by atoms with Crippen LogP contribution >= 0.6 is 0 Å². The predicted octanol–water partition coefficient (Wildman–Crippen LogP) is 2.48. The zero-order valence-corrected chi connectivity index (χ0v) is 9.47. The summed E-state index contributed by atoms with van der Waals surface area (Å²) in [6.45, 7) is 7.02. The third kappa shape index (κ3) is 5.04. The number of likely N-dealkylation sites (tertiary alicyclic amines) is 1. The van der Waals surface area contributed by atoms with Crippen LogP contribution in [0, 0.1) is 0 Å². The first-order chi connectivity index (χ1) is 6.13. The maximum Gasteiger partial charge on any atom is 0.146 e. The van der Waals surface area contributed by atoms with Crippen LogP contribution in [0.5, 0.6) is 0 Å². The molecule has 1 aliphatic rings. The fourth-order valence-corrected chi connectivity index (χ4v) is 1.59. The number of Topliss-reactive ketones (excluding diaryl/α,β-unsaturated/α-hetero) is 1. The van der Waals surface area contributed by atoms with Crippen molar-refractivity contribution in [3.8, 4) is 0 Å². The Morgan fingerprint density at radius 2 is 1.92 bits per heavy atom. The minimum absolute atomic E-state index is 0.216. The quantitative estimate of drug-likeness (QED) is 0.625. The van der Waals surface area contributed by atoms with Gasteiger partial charge in [-0.05, 0) is 33.4 Å². The van der Waals surface area contributed by atoms with E-state index < -0.39 is 0 Å². The highest BCUT2D eigenvalue weighted by molar-refractivity contribution is 5.81. The number of hydrogen-bond donors (Lipinski definition) is 0. The molecule has 1 saturated heterocycles. The Morgan fingerprint density at radius 3 is 2.23 bits per heavy atom. The molecule has 1 heterocycles. The summed E-state index contributed by atoms with van der Waals surface area (Å²) in [5.74, 6) is 0.321.